The van der Waals surface area contributed by atoms with E-state index in [0.717, 1.165) is 0 Å². The van der Waals surface area contributed by atoms with E-state index in [2.05, 4.69) is 10.3 Å². The molecule has 2 rings (SSSR count). The number of nitrogens with one attached hydrogen (secondary N) is 1. The van der Waals surface area contributed by atoms with Crippen molar-refractivity contribution in [1.29, 1.82) is 0 Å². The molecular weight excluding hydrogens is 172 g/mol. The lowest BCUT2D eigenvalue weighted by Gasteiger charge is -2.20. The number of aliphatic imine (C=N–C) groups is 1. The van der Waals surface area contributed by atoms with Crippen molar-refractivity contribution in [2.45, 2.75) is 13.3 Å². The maximum Gasteiger partial charge on any atom is 0.251 e. The van der Waals surface area contributed by atoms with E-state index in [1.165, 1.54) is 0 Å². The Morgan fingerprint density at radius 3 is 2.77 bits per heavy atom. The zero-order valence-electron chi connectivity index (χ0n) is 7.03. The molecule has 0 aromatic heterocycles. The van der Waals surface area contributed by atoms with Crippen LogP contribution in [0.2, 0.25) is 0 Å². The third-order valence-corrected chi connectivity index (χ3v) is 2.36. The lowest BCUT2D eigenvalue weighted by Crippen LogP contribution is -2.46. The molecule has 0 unspecified atom stereocenters. The van der Waals surface area contributed by atoms with Gasteiger partial charge in [0.05, 0.1) is 18.3 Å². The summed E-state index contributed by atoms with van der Waals surface area (Å²) in [5.41, 5.74) is 0. The number of amidine groups is 1. The number of piperidine rings is 1. The number of carbonyl (C=O) groups excluding carboxylic acids is 3. The zero-order valence-corrected chi connectivity index (χ0v) is 7.03. The molecule has 0 radical (unpaired) electrons. The lowest BCUT2D eigenvalue weighted by atomic mass is 9.87. The third kappa shape index (κ3) is 1.07. The number of rotatable bonds is 0. The standard InChI is InChI=1S/C8H8N2O3/c1-3-6-4(11)2-5(12)9-7(6)10-8(3)13/h3,6H,2H2,1H3,(H,9,10,12,13)/t3-,6-/m1/s1. The van der Waals surface area contributed by atoms with Gasteiger partial charge in [-0.05, 0) is 0 Å². The molecule has 2 atom stereocenters. The summed E-state index contributed by atoms with van der Waals surface area (Å²) in [6, 6.07) is 0. The van der Waals surface area contributed by atoms with Gasteiger partial charge in [0.25, 0.3) is 5.91 Å². The van der Waals surface area contributed by atoms with Crippen LogP contribution in [-0.2, 0) is 14.4 Å². The van der Waals surface area contributed by atoms with E-state index in [4.69, 9.17) is 0 Å². The van der Waals surface area contributed by atoms with E-state index >= 15 is 0 Å². The van der Waals surface area contributed by atoms with Crippen molar-refractivity contribution in [3.8, 4) is 0 Å². The first kappa shape index (κ1) is 8.10. The Labute approximate surface area is 74.2 Å². The van der Waals surface area contributed by atoms with E-state index in [0.29, 0.717) is 0 Å². The molecule has 1 N–H and O–H groups in total. The Bertz CT molecular complexity index is 345. The molecule has 0 aromatic carbocycles. The first-order chi connectivity index (χ1) is 6.09. The van der Waals surface area contributed by atoms with Gasteiger partial charge in [-0.1, -0.05) is 6.92 Å². The van der Waals surface area contributed by atoms with Crippen LogP contribution in [0, 0.1) is 11.8 Å². The molecule has 2 amide bonds. The molecular formula is C8H8N2O3. The summed E-state index contributed by atoms with van der Waals surface area (Å²) in [6.45, 7) is 1.65. The minimum atomic E-state index is -0.509. The van der Waals surface area contributed by atoms with Crippen LogP contribution in [0.1, 0.15) is 13.3 Å². The number of amides is 2. The number of fused-ring (bicyclic) bond motifs is 1. The van der Waals surface area contributed by atoms with Gasteiger partial charge in [0, 0.05) is 0 Å². The summed E-state index contributed by atoms with van der Waals surface area (Å²) < 4.78 is 0. The Morgan fingerprint density at radius 2 is 2.08 bits per heavy atom. The number of nitrogens with zero attached hydrogens (tertiary/aromatic N) is 1. The van der Waals surface area contributed by atoms with Crippen LogP contribution in [0.5, 0.6) is 0 Å². The average molecular weight is 180 g/mol. The smallest absolute Gasteiger partial charge is 0.251 e. The second kappa shape index (κ2) is 2.48. The summed E-state index contributed by atoms with van der Waals surface area (Å²) in [4.78, 5) is 37.0. The third-order valence-electron chi connectivity index (χ3n) is 2.36. The summed E-state index contributed by atoms with van der Waals surface area (Å²) in [5, 5.41) is 2.44. The molecule has 68 valence electrons. The van der Waals surface area contributed by atoms with Gasteiger partial charge in [0.15, 0.2) is 5.78 Å². The lowest BCUT2D eigenvalue weighted by molar-refractivity contribution is -0.132. The number of carbonyl (C=O) groups is 3. The van der Waals surface area contributed by atoms with Gasteiger partial charge in [-0.25, -0.2) is 0 Å². The molecule has 1 saturated heterocycles. The average Bonchev–Trinajstić information content (AvgIpc) is 2.27. The Kier molecular flexibility index (Phi) is 1.55. The van der Waals surface area contributed by atoms with Crippen LogP contribution >= 0.6 is 0 Å². The minimum Gasteiger partial charge on any atom is -0.313 e. The highest BCUT2D eigenvalue weighted by Gasteiger charge is 2.43. The number of hydrogen-bond acceptors (Lipinski definition) is 3. The van der Waals surface area contributed by atoms with Gasteiger partial charge in [-0.15, -0.1) is 0 Å². The van der Waals surface area contributed by atoms with Gasteiger partial charge < -0.3 is 5.32 Å². The molecule has 0 spiro atoms. The molecule has 2 heterocycles. The molecule has 2 aliphatic heterocycles. The fourth-order valence-electron chi connectivity index (χ4n) is 1.66. The first-order valence-corrected chi connectivity index (χ1v) is 4.04. The first-order valence-electron chi connectivity index (χ1n) is 4.04. The van der Waals surface area contributed by atoms with Crippen LogP contribution in [0.4, 0.5) is 0 Å². The highest BCUT2D eigenvalue weighted by molar-refractivity contribution is 6.25. The molecule has 0 saturated carbocycles. The van der Waals surface area contributed by atoms with Crippen LogP contribution < -0.4 is 5.32 Å². The van der Waals surface area contributed by atoms with Gasteiger partial charge in [-0.2, -0.15) is 4.99 Å². The van der Waals surface area contributed by atoms with E-state index in [-0.39, 0.29) is 29.9 Å². The van der Waals surface area contributed by atoms with Gasteiger partial charge >= 0.3 is 0 Å². The summed E-state index contributed by atoms with van der Waals surface area (Å²) in [7, 11) is 0. The van der Waals surface area contributed by atoms with E-state index in [1.54, 1.807) is 6.92 Å². The van der Waals surface area contributed by atoms with Crippen molar-refractivity contribution in [3.05, 3.63) is 0 Å². The van der Waals surface area contributed by atoms with Crippen molar-refractivity contribution < 1.29 is 14.4 Å². The second-order valence-electron chi connectivity index (χ2n) is 3.29. The minimum absolute atomic E-state index is 0.138. The van der Waals surface area contributed by atoms with Crippen LogP contribution in [0.3, 0.4) is 0 Å². The van der Waals surface area contributed by atoms with Crippen LogP contribution in [0.15, 0.2) is 4.99 Å². The number of Topliss-reactive ketones (excluding diaryl/α,β-unsaturated/α-hetero) is 1. The highest BCUT2D eigenvalue weighted by atomic mass is 16.2. The largest absolute Gasteiger partial charge is 0.313 e. The molecule has 0 bridgehead atoms. The predicted octanol–water partition coefficient (Wildman–Crippen LogP) is -0.734. The van der Waals surface area contributed by atoms with E-state index in [1.807, 2.05) is 0 Å². The Morgan fingerprint density at radius 1 is 1.38 bits per heavy atom. The van der Waals surface area contributed by atoms with Gasteiger partial charge in [0.2, 0.25) is 5.91 Å². The SMILES string of the molecule is C[C@H]1C(=O)N=C2NC(=O)CC(=O)[C@H]21. The summed E-state index contributed by atoms with van der Waals surface area (Å²) >= 11 is 0. The Balaban J connectivity index is 2.36. The van der Waals surface area contributed by atoms with Gasteiger partial charge in [-0.3, -0.25) is 14.4 Å². The number of ketones is 1. The van der Waals surface area contributed by atoms with Crippen molar-refractivity contribution >= 4 is 23.4 Å². The maximum absolute atomic E-state index is 11.3. The molecule has 5 heteroatoms. The monoisotopic (exact) mass is 180 g/mol. The maximum atomic E-state index is 11.3. The zero-order chi connectivity index (χ0) is 9.59. The van der Waals surface area contributed by atoms with Crippen molar-refractivity contribution in [3.63, 3.8) is 0 Å². The number of hydrogen-bond donors (Lipinski definition) is 1. The fraction of sp³-hybridized carbons (Fsp3) is 0.500. The van der Waals surface area contributed by atoms with E-state index < -0.39 is 11.8 Å². The van der Waals surface area contributed by atoms with Crippen LogP contribution in [0.25, 0.3) is 0 Å². The fourth-order valence-corrected chi connectivity index (χ4v) is 1.66. The molecule has 0 aromatic rings. The van der Waals surface area contributed by atoms with Crippen molar-refractivity contribution in [1.82, 2.24) is 5.32 Å². The van der Waals surface area contributed by atoms with Crippen molar-refractivity contribution in [2.75, 3.05) is 0 Å². The molecule has 2 aliphatic rings. The molecule has 0 aliphatic carbocycles. The topological polar surface area (TPSA) is 75.6 Å². The summed E-state index contributed by atoms with van der Waals surface area (Å²) in [6.07, 6.45) is -0.138. The van der Waals surface area contributed by atoms with E-state index in [9.17, 15) is 14.4 Å². The predicted molar refractivity (Wildman–Crippen MR) is 42.9 cm³/mol. The normalized spacial score (nSPS) is 32.7. The Hall–Kier alpha value is -1.52. The van der Waals surface area contributed by atoms with Crippen molar-refractivity contribution in [2.24, 2.45) is 16.8 Å². The molecule has 5 nitrogen and oxygen atoms in total. The highest BCUT2D eigenvalue weighted by Crippen LogP contribution is 2.25. The second-order valence-corrected chi connectivity index (χ2v) is 3.29. The van der Waals surface area contributed by atoms with Crippen LogP contribution in [-0.4, -0.2) is 23.4 Å². The summed E-state index contributed by atoms with van der Waals surface area (Å²) in [5.74, 6) is -1.59. The molecule has 13 heavy (non-hydrogen) atoms. The molecule has 1 fully saturated rings. The quantitative estimate of drug-likeness (QED) is 0.499. The van der Waals surface area contributed by atoms with Gasteiger partial charge in [0.1, 0.15) is 5.84 Å².